The second-order valence-electron chi connectivity index (χ2n) is 6.75. The average Bonchev–Trinajstić information content (AvgIpc) is 3.18. The van der Waals surface area contributed by atoms with Gasteiger partial charge in [-0.15, -0.1) is 9.36 Å². The number of aromatic nitrogens is 4. The minimum Gasteiger partial charge on any atom is -0.264 e. The molecule has 1 unspecified atom stereocenters. The third-order valence-corrected chi connectivity index (χ3v) is 5.39. The van der Waals surface area contributed by atoms with Crippen molar-refractivity contribution in [2.45, 2.75) is 19.4 Å². The molecule has 0 radical (unpaired) electrons. The maximum Gasteiger partial charge on any atom is 0.216 e. The van der Waals surface area contributed by atoms with Crippen LogP contribution in [0.5, 0.6) is 0 Å². The van der Waals surface area contributed by atoms with E-state index in [9.17, 15) is 5.26 Å². The van der Waals surface area contributed by atoms with Crippen LogP contribution >= 0.6 is 11.6 Å². The minimum absolute atomic E-state index is 0.0556. The molecule has 0 bridgehead atoms. The van der Waals surface area contributed by atoms with Crippen molar-refractivity contribution < 1.29 is 4.68 Å². The van der Waals surface area contributed by atoms with Gasteiger partial charge in [-0.25, -0.2) is 4.98 Å². The number of nitrogens with zero attached hydrogens (tertiary/aromatic N) is 5. The van der Waals surface area contributed by atoms with Gasteiger partial charge in [-0.1, -0.05) is 17.7 Å². The highest BCUT2D eigenvalue weighted by Gasteiger charge is 2.39. The van der Waals surface area contributed by atoms with Gasteiger partial charge in [0.2, 0.25) is 12.2 Å². The van der Waals surface area contributed by atoms with Crippen molar-refractivity contribution in [3.8, 4) is 11.8 Å². The molecule has 0 amide bonds. The van der Waals surface area contributed by atoms with Gasteiger partial charge in [0.15, 0.2) is 0 Å². The molecule has 4 heterocycles. The first kappa shape index (κ1) is 16.0. The molecule has 0 saturated carbocycles. The van der Waals surface area contributed by atoms with E-state index in [0.29, 0.717) is 12.1 Å². The Morgan fingerprint density at radius 3 is 3.00 bits per heavy atom. The van der Waals surface area contributed by atoms with Gasteiger partial charge in [0.05, 0.1) is 23.1 Å². The summed E-state index contributed by atoms with van der Waals surface area (Å²) in [7, 11) is 0. The molecular weight excluding hydrogens is 358 g/mol. The zero-order valence-corrected chi connectivity index (χ0v) is 15.4. The molecule has 0 N–H and O–H groups in total. The van der Waals surface area contributed by atoms with Gasteiger partial charge < -0.3 is 0 Å². The summed E-state index contributed by atoms with van der Waals surface area (Å²) in [4.78, 5) is 8.88. The number of benzene rings is 1. The summed E-state index contributed by atoms with van der Waals surface area (Å²) < 4.78 is 4.42. The molecule has 5 rings (SSSR count). The number of aryl methyl sites for hydroxylation is 1. The summed E-state index contributed by atoms with van der Waals surface area (Å²) in [6, 6.07) is 13.9. The number of halogens is 1. The summed E-state index contributed by atoms with van der Waals surface area (Å²) in [6.45, 7) is 2.03. The molecule has 0 saturated heterocycles. The largest absolute Gasteiger partial charge is 0.264 e. The van der Waals surface area contributed by atoms with Gasteiger partial charge in [-0.05, 0) is 42.8 Å². The van der Waals surface area contributed by atoms with Gasteiger partial charge in [0.25, 0.3) is 0 Å². The molecule has 0 fully saturated rings. The van der Waals surface area contributed by atoms with E-state index in [1.807, 2.05) is 49.6 Å². The fraction of sp³-hybridized carbons (Fsp3) is 0.143. The van der Waals surface area contributed by atoms with Gasteiger partial charge in [-0.3, -0.25) is 4.98 Å². The van der Waals surface area contributed by atoms with E-state index in [2.05, 4.69) is 31.6 Å². The molecular formula is C21H15ClN5+. The highest BCUT2D eigenvalue weighted by atomic mass is 35.5. The molecule has 0 spiro atoms. The van der Waals surface area contributed by atoms with Gasteiger partial charge >= 0.3 is 0 Å². The molecule has 1 aromatic carbocycles. The third-order valence-electron chi connectivity index (χ3n) is 5.16. The van der Waals surface area contributed by atoms with Crippen molar-refractivity contribution in [3.63, 3.8) is 0 Å². The first-order chi connectivity index (χ1) is 13.2. The van der Waals surface area contributed by atoms with Crippen molar-refractivity contribution in [3.05, 3.63) is 82.5 Å². The Bertz CT molecular complexity index is 1250. The van der Waals surface area contributed by atoms with E-state index >= 15 is 0 Å². The zero-order chi connectivity index (χ0) is 18.5. The van der Waals surface area contributed by atoms with Crippen molar-refractivity contribution in [2.24, 2.45) is 0 Å². The molecule has 27 heavy (non-hydrogen) atoms. The number of nitriles is 1. The molecule has 3 aromatic heterocycles. The highest BCUT2D eigenvalue weighted by Crippen LogP contribution is 2.33. The maximum atomic E-state index is 9.21. The smallest absolute Gasteiger partial charge is 0.216 e. The Morgan fingerprint density at radius 2 is 2.15 bits per heavy atom. The number of hydrogen-bond acceptors (Lipinski definition) is 3. The summed E-state index contributed by atoms with van der Waals surface area (Å²) >= 11 is 6.19. The van der Waals surface area contributed by atoms with E-state index in [1.165, 1.54) is 0 Å². The molecule has 6 heteroatoms. The summed E-state index contributed by atoms with van der Waals surface area (Å²) in [5.41, 5.74) is 5.82. The topological polar surface area (TPSA) is 58.4 Å². The molecule has 1 aliphatic rings. The summed E-state index contributed by atoms with van der Waals surface area (Å²) in [5, 5.41) is 11.0. The Morgan fingerprint density at radius 1 is 1.26 bits per heavy atom. The molecule has 5 nitrogen and oxygen atoms in total. The van der Waals surface area contributed by atoms with E-state index in [-0.39, 0.29) is 6.04 Å². The number of hydrogen-bond donors (Lipinski definition) is 0. The quantitative estimate of drug-likeness (QED) is 0.504. The van der Waals surface area contributed by atoms with Crippen LogP contribution in [0.15, 0.2) is 55.0 Å². The van der Waals surface area contributed by atoms with Crippen LogP contribution < -0.4 is 4.68 Å². The Hall–Kier alpha value is -3.23. The second-order valence-corrected chi connectivity index (χ2v) is 7.19. The van der Waals surface area contributed by atoms with E-state index in [1.54, 1.807) is 6.07 Å². The number of fused-ring (bicyclic) bond motifs is 5. The highest BCUT2D eigenvalue weighted by molar-refractivity contribution is 6.31. The lowest BCUT2D eigenvalue weighted by molar-refractivity contribution is -0.771. The van der Waals surface area contributed by atoms with Gasteiger partial charge in [0.1, 0.15) is 23.0 Å². The first-order valence-electron chi connectivity index (χ1n) is 8.69. The monoisotopic (exact) mass is 372 g/mol. The predicted octanol–water partition coefficient (Wildman–Crippen LogP) is 3.69. The van der Waals surface area contributed by atoms with Crippen molar-refractivity contribution >= 4 is 22.5 Å². The molecule has 1 atom stereocenters. The molecule has 4 aromatic rings. The Balaban J connectivity index is 1.71. The lowest BCUT2D eigenvalue weighted by Crippen LogP contribution is -2.42. The maximum absolute atomic E-state index is 9.21. The second kappa shape index (κ2) is 5.90. The number of rotatable bonds is 2. The predicted molar refractivity (Wildman–Crippen MR) is 102 cm³/mol. The third kappa shape index (κ3) is 2.42. The van der Waals surface area contributed by atoms with Crippen LogP contribution in [0.1, 0.15) is 28.6 Å². The fourth-order valence-corrected chi connectivity index (χ4v) is 4.03. The standard InChI is InChI=1S/C21H15ClN5/c1-13-2-4-16(10-23)25-18(13)9-21-17-11-24-7-6-20(17)27-19-5-3-15(22)8-14(19)12-26(21)27/h2-8,11-12,21H,9H2,1H3/q+1. The fourth-order valence-electron chi connectivity index (χ4n) is 3.85. The Kier molecular flexibility index (Phi) is 3.49. The normalized spacial score (nSPS) is 14.8. The van der Waals surface area contributed by atoms with Crippen molar-refractivity contribution in [1.29, 1.82) is 5.26 Å². The Labute approximate surface area is 161 Å². The van der Waals surface area contributed by atoms with E-state index < -0.39 is 0 Å². The average molecular weight is 373 g/mol. The lowest BCUT2D eigenvalue weighted by Gasteiger charge is -2.08. The molecule has 1 aliphatic heterocycles. The van der Waals surface area contributed by atoms with Crippen LogP contribution in [0.4, 0.5) is 0 Å². The summed E-state index contributed by atoms with van der Waals surface area (Å²) in [5.74, 6) is 0. The van der Waals surface area contributed by atoms with E-state index in [0.717, 1.165) is 38.4 Å². The van der Waals surface area contributed by atoms with Crippen LogP contribution in [0, 0.1) is 18.3 Å². The van der Waals surface area contributed by atoms with Crippen LogP contribution in [-0.4, -0.2) is 14.6 Å². The van der Waals surface area contributed by atoms with Crippen LogP contribution in [0.2, 0.25) is 5.02 Å². The molecule has 130 valence electrons. The summed E-state index contributed by atoms with van der Waals surface area (Å²) in [6.07, 6.45) is 6.54. The van der Waals surface area contributed by atoms with Crippen molar-refractivity contribution in [2.75, 3.05) is 0 Å². The zero-order valence-electron chi connectivity index (χ0n) is 14.6. The molecule has 0 aliphatic carbocycles. The first-order valence-corrected chi connectivity index (χ1v) is 9.07. The van der Waals surface area contributed by atoms with E-state index in [4.69, 9.17) is 11.6 Å². The number of pyridine rings is 2. The minimum atomic E-state index is 0.0556. The van der Waals surface area contributed by atoms with Crippen LogP contribution in [0.3, 0.4) is 0 Å². The van der Waals surface area contributed by atoms with Crippen LogP contribution in [0.25, 0.3) is 16.6 Å². The lowest BCUT2D eigenvalue weighted by atomic mass is 10.0. The SMILES string of the molecule is Cc1ccc(C#N)nc1CC1c2cnccc2-n2c3ccc(Cl)cc3c[n+]21. The van der Waals surface area contributed by atoms with Crippen LogP contribution in [-0.2, 0) is 6.42 Å². The van der Waals surface area contributed by atoms with Crippen molar-refractivity contribution in [1.82, 2.24) is 14.6 Å². The van der Waals surface area contributed by atoms with Gasteiger partial charge in [-0.2, -0.15) is 5.26 Å². The van der Waals surface area contributed by atoms with Gasteiger partial charge in [0, 0.05) is 17.4 Å².